The molecule has 1 aromatic heterocycles. The Morgan fingerprint density at radius 3 is 2.54 bits per heavy atom. The molecule has 0 aliphatic carbocycles. The van der Waals surface area contributed by atoms with Gasteiger partial charge in [-0.2, -0.15) is 13.2 Å². The highest BCUT2D eigenvalue weighted by Gasteiger charge is 2.33. The third-order valence-electron chi connectivity index (χ3n) is 1.41. The second-order valence-corrected chi connectivity index (χ2v) is 3.38. The van der Waals surface area contributed by atoms with Crippen LogP contribution in [0, 0.1) is 0 Å². The van der Waals surface area contributed by atoms with E-state index < -0.39 is 11.7 Å². The van der Waals surface area contributed by atoms with E-state index in [9.17, 15) is 13.2 Å². The summed E-state index contributed by atoms with van der Waals surface area (Å²) in [6, 6.07) is 1.26. The lowest BCUT2D eigenvalue weighted by Gasteiger charge is -2.10. The Labute approximate surface area is 86.0 Å². The fourth-order valence-electron chi connectivity index (χ4n) is 0.834. The maximum Gasteiger partial charge on any atom is 0.418 e. The van der Waals surface area contributed by atoms with E-state index in [0.29, 0.717) is 4.60 Å². The molecule has 0 spiro atoms. The molecule has 0 atom stereocenters. The van der Waals surface area contributed by atoms with Gasteiger partial charge in [0.05, 0.1) is 5.56 Å². The smallest absolute Gasteiger partial charge is 0.249 e. The first kappa shape index (κ1) is 10.8. The molecule has 0 N–H and O–H groups in total. The van der Waals surface area contributed by atoms with E-state index in [1.54, 1.807) is 0 Å². The predicted octanol–water partition coefficient (Wildman–Crippen LogP) is 3.60. The van der Waals surface area contributed by atoms with Gasteiger partial charge in [-0.25, -0.2) is 4.98 Å². The normalized spacial score (nSPS) is 11.8. The lowest BCUT2D eigenvalue weighted by molar-refractivity contribution is -0.138. The monoisotopic (exact) mass is 273 g/mol. The molecule has 0 fully saturated rings. The molecular weight excluding hydrogens is 270 g/mol. The number of pyridine rings is 1. The van der Waals surface area contributed by atoms with Crippen molar-refractivity contribution >= 4 is 27.5 Å². The van der Waals surface area contributed by atoms with Crippen molar-refractivity contribution in [2.24, 2.45) is 0 Å². The molecular formula is C7H4BrClF3N. The second kappa shape index (κ2) is 3.84. The summed E-state index contributed by atoms with van der Waals surface area (Å²) < 4.78 is 37.1. The molecule has 1 aromatic rings. The van der Waals surface area contributed by atoms with Crippen molar-refractivity contribution in [3.05, 3.63) is 28.0 Å². The van der Waals surface area contributed by atoms with Gasteiger partial charge in [0.1, 0.15) is 4.60 Å². The molecule has 0 bridgehead atoms. The first-order valence-corrected chi connectivity index (χ1v) is 4.55. The van der Waals surface area contributed by atoms with Crippen LogP contribution in [0.3, 0.4) is 0 Å². The Morgan fingerprint density at radius 2 is 2.08 bits per heavy atom. The van der Waals surface area contributed by atoms with Crippen molar-refractivity contribution in [3.8, 4) is 0 Å². The van der Waals surface area contributed by atoms with Gasteiger partial charge in [0.15, 0.2) is 0 Å². The first-order valence-electron chi connectivity index (χ1n) is 3.22. The largest absolute Gasteiger partial charge is 0.418 e. The highest BCUT2D eigenvalue weighted by molar-refractivity contribution is 9.10. The number of halogens is 5. The molecule has 0 aliphatic heterocycles. The molecule has 0 aliphatic rings. The van der Waals surface area contributed by atoms with E-state index in [1.807, 2.05) is 0 Å². The maximum absolute atomic E-state index is 12.3. The van der Waals surface area contributed by atoms with Crippen LogP contribution in [-0.4, -0.2) is 4.98 Å². The third kappa shape index (κ3) is 2.57. The second-order valence-electron chi connectivity index (χ2n) is 2.30. The average molecular weight is 274 g/mol. The summed E-state index contributed by atoms with van der Waals surface area (Å²) in [5, 5.41) is 0. The fraction of sp³-hybridized carbons (Fsp3) is 0.286. The van der Waals surface area contributed by atoms with E-state index in [4.69, 9.17) is 11.6 Å². The summed E-state index contributed by atoms with van der Waals surface area (Å²) in [6.45, 7) is 0. The van der Waals surface area contributed by atoms with Crippen LogP contribution in [0.5, 0.6) is 0 Å². The summed E-state index contributed by atoms with van der Waals surface area (Å²) in [4.78, 5) is 3.49. The van der Waals surface area contributed by atoms with Crippen LogP contribution < -0.4 is 0 Å². The summed E-state index contributed by atoms with van der Waals surface area (Å²) in [5.74, 6) is -0.185. The number of hydrogen-bond acceptors (Lipinski definition) is 1. The van der Waals surface area contributed by atoms with Gasteiger partial charge in [0.25, 0.3) is 0 Å². The Bertz CT molecular complexity index is 313. The lowest BCUT2D eigenvalue weighted by atomic mass is 10.1. The van der Waals surface area contributed by atoms with E-state index in [1.165, 1.54) is 6.07 Å². The quantitative estimate of drug-likeness (QED) is 0.563. The van der Waals surface area contributed by atoms with Crippen molar-refractivity contribution in [1.29, 1.82) is 0 Å². The predicted molar refractivity (Wildman–Crippen MR) is 46.5 cm³/mol. The summed E-state index contributed by atoms with van der Waals surface area (Å²) in [5.41, 5.74) is -0.762. The van der Waals surface area contributed by atoms with Gasteiger partial charge in [0, 0.05) is 12.1 Å². The van der Waals surface area contributed by atoms with Gasteiger partial charge in [-0.3, -0.25) is 0 Å². The number of hydrogen-bond donors (Lipinski definition) is 0. The molecule has 72 valence electrons. The van der Waals surface area contributed by atoms with Crippen LogP contribution in [0.2, 0.25) is 0 Å². The minimum Gasteiger partial charge on any atom is -0.249 e. The number of nitrogens with zero attached hydrogens (tertiary/aromatic N) is 1. The van der Waals surface area contributed by atoms with Gasteiger partial charge in [-0.1, -0.05) is 0 Å². The average Bonchev–Trinajstić information content (AvgIpc) is 2.01. The van der Waals surface area contributed by atoms with Gasteiger partial charge in [-0.15, -0.1) is 11.6 Å². The fourth-order valence-corrected chi connectivity index (χ4v) is 1.43. The van der Waals surface area contributed by atoms with E-state index in [-0.39, 0.29) is 11.4 Å². The minimum absolute atomic E-state index is 0.0241. The number of rotatable bonds is 1. The third-order valence-corrected chi connectivity index (χ3v) is 2.13. The zero-order valence-electron chi connectivity index (χ0n) is 6.20. The zero-order valence-corrected chi connectivity index (χ0v) is 8.54. The maximum atomic E-state index is 12.3. The van der Waals surface area contributed by atoms with Crippen LogP contribution in [0.15, 0.2) is 16.9 Å². The number of alkyl halides is 4. The van der Waals surface area contributed by atoms with Gasteiger partial charge in [-0.05, 0) is 27.6 Å². The van der Waals surface area contributed by atoms with Gasteiger partial charge >= 0.3 is 6.18 Å². The highest BCUT2D eigenvalue weighted by Crippen LogP contribution is 2.32. The molecule has 0 amide bonds. The summed E-state index contributed by atoms with van der Waals surface area (Å²) in [7, 11) is 0. The SMILES string of the molecule is FC(F)(F)c1cnc(Br)cc1CCl. The molecule has 13 heavy (non-hydrogen) atoms. The van der Waals surface area contributed by atoms with E-state index in [2.05, 4.69) is 20.9 Å². The molecule has 0 unspecified atom stereocenters. The van der Waals surface area contributed by atoms with Gasteiger partial charge < -0.3 is 0 Å². The van der Waals surface area contributed by atoms with E-state index in [0.717, 1.165) is 6.20 Å². The molecule has 1 rings (SSSR count). The Balaban J connectivity index is 3.22. The highest BCUT2D eigenvalue weighted by atomic mass is 79.9. The summed E-state index contributed by atoms with van der Waals surface area (Å²) in [6.07, 6.45) is -3.63. The Morgan fingerprint density at radius 1 is 1.46 bits per heavy atom. The van der Waals surface area contributed by atoms with Gasteiger partial charge in [0.2, 0.25) is 0 Å². The molecule has 0 saturated carbocycles. The van der Waals surface area contributed by atoms with Crippen LogP contribution in [0.1, 0.15) is 11.1 Å². The minimum atomic E-state index is -4.39. The van der Waals surface area contributed by atoms with Crippen molar-refractivity contribution in [2.45, 2.75) is 12.1 Å². The lowest BCUT2D eigenvalue weighted by Crippen LogP contribution is -2.09. The van der Waals surface area contributed by atoms with Crippen molar-refractivity contribution in [3.63, 3.8) is 0 Å². The van der Waals surface area contributed by atoms with Crippen molar-refractivity contribution in [2.75, 3.05) is 0 Å². The molecule has 1 nitrogen and oxygen atoms in total. The zero-order chi connectivity index (χ0) is 10.1. The van der Waals surface area contributed by atoms with E-state index >= 15 is 0 Å². The molecule has 0 aromatic carbocycles. The van der Waals surface area contributed by atoms with Crippen molar-refractivity contribution < 1.29 is 13.2 Å². The molecule has 6 heteroatoms. The molecule has 0 saturated heterocycles. The van der Waals surface area contributed by atoms with Crippen molar-refractivity contribution in [1.82, 2.24) is 4.98 Å². The van der Waals surface area contributed by atoms with Crippen LogP contribution in [0.4, 0.5) is 13.2 Å². The molecule has 1 heterocycles. The Kier molecular flexibility index (Phi) is 3.18. The standard InChI is InChI=1S/C7H4BrClF3N/c8-6-1-4(2-9)5(3-13-6)7(10,11)12/h1,3H,2H2. The van der Waals surface area contributed by atoms with Crippen LogP contribution >= 0.6 is 27.5 Å². The topological polar surface area (TPSA) is 12.9 Å². The number of aromatic nitrogens is 1. The summed E-state index contributed by atoms with van der Waals surface area (Å²) >= 11 is 8.33. The van der Waals surface area contributed by atoms with Crippen LogP contribution in [-0.2, 0) is 12.1 Å². The van der Waals surface area contributed by atoms with Crippen LogP contribution in [0.25, 0.3) is 0 Å². The molecule has 0 radical (unpaired) electrons. The Hall–Kier alpha value is -0.290. The first-order chi connectivity index (χ1) is 5.95.